The number of carboxylic acids is 2. The number of aliphatic hydroxyl groups is 2. The first-order valence-corrected chi connectivity index (χ1v) is 15.1. The lowest BCUT2D eigenvalue weighted by atomic mass is 9.98. The third kappa shape index (κ3) is 5.83. The van der Waals surface area contributed by atoms with E-state index in [0.717, 1.165) is 61.1 Å². The van der Waals surface area contributed by atoms with E-state index in [1.807, 2.05) is 52.8 Å². The van der Waals surface area contributed by atoms with Crippen molar-refractivity contribution < 1.29 is 30.0 Å². The van der Waals surface area contributed by atoms with Gasteiger partial charge in [0, 0.05) is 46.0 Å². The molecule has 2 unspecified atom stereocenters. The molecule has 0 saturated heterocycles. The lowest BCUT2D eigenvalue weighted by molar-refractivity contribution is -0.137. The normalized spacial score (nSPS) is 14.7. The molecule has 3 aromatic rings. The predicted molar refractivity (Wildman–Crippen MR) is 175 cm³/mol. The van der Waals surface area contributed by atoms with E-state index >= 15 is 0 Å². The van der Waals surface area contributed by atoms with Gasteiger partial charge >= 0.3 is 11.9 Å². The smallest absolute Gasteiger partial charge is 0.303 e. The fraction of sp³-hybridized carbons (Fsp3) is 0.371. The van der Waals surface area contributed by atoms with Gasteiger partial charge < -0.3 is 30.4 Å². The Bertz CT molecular complexity index is 1970. The number of carbonyl (C=O) groups is 2. The highest BCUT2D eigenvalue weighted by atomic mass is 16.4. The van der Waals surface area contributed by atoms with Crippen LogP contribution in [-0.4, -0.2) is 58.4 Å². The third-order valence-electron chi connectivity index (χ3n) is 9.03. The number of fused-ring (bicyclic) bond motifs is 8. The Morgan fingerprint density at radius 2 is 1.31 bits per heavy atom. The molecule has 0 amide bonds. The van der Waals surface area contributed by atoms with Crippen LogP contribution in [0, 0.1) is 20.8 Å². The highest BCUT2D eigenvalue weighted by molar-refractivity contribution is 5.97. The molecule has 8 bridgehead atoms. The summed E-state index contributed by atoms with van der Waals surface area (Å²) in [6, 6.07) is 5.67. The molecule has 10 heteroatoms. The SMILES string of the molecule is CC1=C(CCC(=O)O)c2cc3[nH]c(cc4nc(c(C)c5[nH]c(cc1n2)c(C)c5C(C)O)C(C)=C4C(C)O)c(C)c3CCC(=O)O. The van der Waals surface area contributed by atoms with Crippen LogP contribution in [0.25, 0.3) is 44.4 Å². The molecule has 6 N–H and O–H groups in total. The number of aliphatic hydroxyl groups excluding tert-OH is 2. The maximum atomic E-state index is 11.6. The van der Waals surface area contributed by atoms with E-state index in [-0.39, 0.29) is 25.7 Å². The molecule has 10 nitrogen and oxygen atoms in total. The summed E-state index contributed by atoms with van der Waals surface area (Å²) in [6.45, 7) is 13.1. The first-order chi connectivity index (χ1) is 21.2. The molecule has 236 valence electrons. The molecule has 2 atom stereocenters. The molecule has 0 fully saturated rings. The topological polar surface area (TPSA) is 172 Å². The molecule has 2 aliphatic rings. The van der Waals surface area contributed by atoms with Crippen LogP contribution >= 0.6 is 0 Å². The summed E-state index contributed by atoms with van der Waals surface area (Å²) >= 11 is 0. The standard InChI is InChI=1S/C35H40N4O6/c1-15-22(8-10-30(42)43)27-14-28-23(9-11-31(44)45)16(2)25(37-28)13-29-32(20(6)40)18(4)34(39-29)19(5)35-33(21(7)41)17(3)26(38-35)12-24(15)36-27/h12-14,20-21,37-38,40-41H,8-11H2,1-7H3,(H,42,43)(H,44,45). The van der Waals surface area contributed by atoms with Crippen LogP contribution in [0.2, 0.25) is 0 Å². The number of hydrogen-bond donors (Lipinski definition) is 6. The number of carboxylic acid groups (broad SMARTS) is 2. The van der Waals surface area contributed by atoms with Crippen LogP contribution in [-0.2, 0) is 16.0 Å². The van der Waals surface area contributed by atoms with Crippen LogP contribution in [0.15, 0.2) is 18.2 Å². The van der Waals surface area contributed by atoms with E-state index < -0.39 is 24.1 Å². The number of nitrogens with one attached hydrogen (secondary N) is 2. The van der Waals surface area contributed by atoms with Gasteiger partial charge in [-0.1, -0.05) is 0 Å². The summed E-state index contributed by atoms with van der Waals surface area (Å²) in [5, 5.41) is 40.8. The van der Waals surface area contributed by atoms with Crippen molar-refractivity contribution in [3.05, 3.63) is 68.8 Å². The fourth-order valence-electron chi connectivity index (χ4n) is 6.64. The lowest BCUT2D eigenvalue weighted by Gasteiger charge is -2.09. The van der Waals surface area contributed by atoms with Crippen molar-refractivity contribution in [2.45, 2.75) is 86.4 Å². The van der Waals surface area contributed by atoms with Crippen molar-refractivity contribution in [2.75, 3.05) is 0 Å². The van der Waals surface area contributed by atoms with Gasteiger partial charge in [-0.2, -0.15) is 0 Å². The molecule has 0 saturated carbocycles. The molecule has 0 spiro atoms. The van der Waals surface area contributed by atoms with Gasteiger partial charge in [-0.3, -0.25) is 9.59 Å². The number of nitrogens with zero attached hydrogens (tertiary/aromatic N) is 2. The average Bonchev–Trinajstić information content (AvgIpc) is 3.63. The molecule has 5 heterocycles. The van der Waals surface area contributed by atoms with E-state index in [4.69, 9.17) is 9.97 Å². The molecule has 0 aromatic carbocycles. The van der Waals surface area contributed by atoms with E-state index in [1.165, 1.54) is 0 Å². The van der Waals surface area contributed by atoms with Crippen molar-refractivity contribution in [3.8, 4) is 0 Å². The van der Waals surface area contributed by atoms with Gasteiger partial charge in [0.2, 0.25) is 0 Å². The molecular formula is C35H40N4O6. The second-order valence-electron chi connectivity index (χ2n) is 12.1. The maximum Gasteiger partial charge on any atom is 0.303 e. The predicted octanol–water partition coefficient (Wildman–Crippen LogP) is 6.42. The number of allylic oxidation sites excluding steroid dienone is 3. The molecule has 2 aliphatic heterocycles. The number of H-pyrrole nitrogens is 2. The zero-order valence-electron chi connectivity index (χ0n) is 26.7. The number of aliphatic carboxylic acids is 2. The van der Waals surface area contributed by atoms with E-state index in [2.05, 4.69) is 9.97 Å². The van der Waals surface area contributed by atoms with E-state index in [0.29, 0.717) is 33.9 Å². The molecule has 0 radical (unpaired) electrons. The fourth-order valence-corrected chi connectivity index (χ4v) is 6.64. The Balaban J connectivity index is 1.99. The largest absolute Gasteiger partial charge is 0.481 e. The summed E-state index contributed by atoms with van der Waals surface area (Å²) in [6.07, 6.45) is -1.17. The molecular weight excluding hydrogens is 572 g/mol. The van der Waals surface area contributed by atoms with Crippen molar-refractivity contribution >= 4 is 56.3 Å². The van der Waals surface area contributed by atoms with E-state index in [1.54, 1.807) is 13.8 Å². The lowest BCUT2D eigenvalue weighted by Crippen LogP contribution is -2.03. The summed E-state index contributed by atoms with van der Waals surface area (Å²) in [5.41, 5.74) is 12.7. The van der Waals surface area contributed by atoms with Crippen molar-refractivity contribution in [2.24, 2.45) is 0 Å². The monoisotopic (exact) mass is 612 g/mol. The first kappa shape index (κ1) is 31.9. The minimum Gasteiger partial charge on any atom is -0.481 e. The van der Waals surface area contributed by atoms with Gasteiger partial charge in [0.05, 0.1) is 35.0 Å². The minimum absolute atomic E-state index is 0.0673. The van der Waals surface area contributed by atoms with E-state index in [9.17, 15) is 30.0 Å². The Morgan fingerprint density at radius 1 is 0.711 bits per heavy atom. The first-order valence-electron chi connectivity index (χ1n) is 15.1. The Hall–Kier alpha value is -4.54. The van der Waals surface area contributed by atoms with Crippen molar-refractivity contribution in [3.63, 3.8) is 0 Å². The molecule has 3 aromatic heterocycles. The Labute approximate surface area is 261 Å². The molecule has 5 rings (SSSR count). The number of aryl methyl sites for hydroxylation is 4. The highest BCUT2D eigenvalue weighted by Crippen LogP contribution is 2.39. The molecule has 0 aliphatic carbocycles. The number of rotatable bonds is 8. The maximum absolute atomic E-state index is 11.6. The summed E-state index contributed by atoms with van der Waals surface area (Å²) < 4.78 is 0. The Morgan fingerprint density at radius 3 is 1.93 bits per heavy atom. The van der Waals surface area contributed by atoms with Gasteiger partial charge in [0.15, 0.2) is 0 Å². The van der Waals surface area contributed by atoms with Gasteiger partial charge in [0.25, 0.3) is 0 Å². The second kappa shape index (κ2) is 12.1. The van der Waals surface area contributed by atoms with Gasteiger partial charge in [-0.05, 0) is 118 Å². The number of hydrogen-bond acceptors (Lipinski definition) is 6. The number of aromatic nitrogens is 4. The van der Waals surface area contributed by atoms with Crippen molar-refractivity contribution in [1.29, 1.82) is 0 Å². The quantitative estimate of drug-likeness (QED) is 0.169. The van der Waals surface area contributed by atoms with Gasteiger partial charge in [0.1, 0.15) is 0 Å². The van der Waals surface area contributed by atoms with Gasteiger partial charge in [-0.15, -0.1) is 0 Å². The van der Waals surface area contributed by atoms with Gasteiger partial charge in [-0.25, -0.2) is 9.97 Å². The third-order valence-corrected chi connectivity index (χ3v) is 9.03. The number of aromatic amines is 2. The Kier molecular flexibility index (Phi) is 8.57. The van der Waals surface area contributed by atoms with Crippen LogP contribution in [0.5, 0.6) is 0 Å². The van der Waals surface area contributed by atoms with Crippen LogP contribution in [0.1, 0.15) is 104 Å². The average molecular weight is 613 g/mol. The zero-order chi connectivity index (χ0) is 32.9. The van der Waals surface area contributed by atoms with Crippen molar-refractivity contribution in [1.82, 2.24) is 19.9 Å². The highest BCUT2D eigenvalue weighted by Gasteiger charge is 2.25. The summed E-state index contributed by atoms with van der Waals surface area (Å²) in [5.74, 6) is -1.83. The van der Waals surface area contributed by atoms with Crippen LogP contribution in [0.3, 0.4) is 0 Å². The zero-order valence-corrected chi connectivity index (χ0v) is 26.7. The summed E-state index contributed by atoms with van der Waals surface area (Å²) in [4.78, 5) is 40.1. The minimum atomic E-state index is -0.914. The van der Waals surface area contributed by atoms with Crippen LogP contribution in [0.4, 0.5) is 0 Å². The second-order valence-corrected chi connectivity index (χ2v) is 12.1. The van der Waals surface area contributed by atoms with Crippen LogP contribution < -0.4 is 0 Å². The summed E-state index contributed by atoms with van der Waals surface area (Å²) in [7, 11) is 0. The molecule has 45 heavy (non-hydrogen) atoms.